The van der Waals surface area contributed by atoms with Crippen LogP contribution >= 0.6 is 0 Å². The summed E-state index contributed by atoms with van der Waals surface area (Å²) in [6.45, 7) is 7.81. The average molecular weight is 798 g/mol. The number of furan rings is 1. The minimum absolute atomic E-state index is 0. The summed E-state index contributed by atoms with van der Waals surface area (Å²) in [5, 5.41) is 2.08. The number of nitrogens with zero attached hydrogens (tertiary/aromatic N) is 3. The fourth-order valence-corrected chi connectivity index (χ4v) is 8.08. The summed E-state index contributed by atoms with van der Waals surface area (Å²) in [6, 6.07) is 24.5. The Labute approximate surface area is 264 Å². The van der Waals surface area contributed by atoms with E-state index in [1.54, 1.807) is 6.07 Å². The molecule has 0 atom stereocenters. The Morgan fingerprint density at radius 2 is 1.71 bits per heavy atom. The number of benzene rings is 2. The van der Waals surface area contributed by atoms with Gasteiger partial charge < -0.3 is 9.40 Å². The maximum Gasteiger partial charge on any atom is 0 e. The van der Waals surface area contributed by atoms with E-state index in [0.717, 1.165) is 55.7 Å². The molecular formula is C35H34FGeIrN3O-2. The molecule has 0 N–H and O–H groups in total. The summed E-state index contributed by atoms with van der Waals surface area (Å²) in [6.07, 6.45) is 3.72. The van der Waals surface area contributed by atoms with Crippen LogP contribution in [0.15, 0.2) is 77.5 Å². The van der Waals surface area contributed by atoms with Gasteiger partial charge in [-0.3, -0.25) is 0 Å². The van der Waals surface area contributed by atoms with Gasteiger partial charge in [0.15, 0.2) is 0 Å². The molecule has 42 heavy (non-hydrogen) atoms. The van der Waals surface area contributed by atoms with Gasteiger partial charge in [0.2, 0.25) is 5.71 Å². The van der Waals surface area contributed by atoms with E-state index < -0.39 is 19.2 Å². The van der Waals surface area contributed by atoms with Crippen LogP contribution in [-0.2, 0) is 20.1 Å². The van der Waals surface area contributed by atoms with E-state index in [0.29, 0.717) is 5.71 Å². The molecule has 0 aliphatic carbocycles. The molecule has 0 saturated carbocycles. The van der Waals surface area contributed by atoms with Crippen LogP contribution < -0.4 is 4.40 Å². The second kappa shape index (κ2) is 13.0. The Bertz CT molecular complexity index is 1890. The zero-order valence-corrected chi connectivity index (χ0v) is 29.4. The van der Waals surface area contributed by atoms with E-state index in [1.165, 1.54) is 16.5 Å². The summed E-state index contributed by atoms with van der Waals surface area (Å²) in [7, 11) is 0. The Morgan fingerprint density at radius 3 is 2.38 bits per heavy atom. The first-order valence-corrected chi connectivity index (χ1v) is 21.0. The van der Waals surface area contributed by atoms with Crippen molar-refractivity contribution in [1.29, 1.82) is 0 Å². The number of aromatic nitrogens is 3. The zero-order chi connectivity index (χ0) is 30.2. The molecule has 6 rings (SSSR count). The van der Waals surface area contributed by atoms with Crippen LogP contribution in [0.1, 0.15) is 37.9 Å². The summed E-state index contributed by atoms with van der Waals surface area (Å²) in [5.74, 6) is 5.93. The van der Waals surface area contributed by atoms with E-state index in [4.69, 9.17) is 5.79 Å². The van der Waals surface area contributed by atoms with Gasteiger partial charge >= 0.3 is 125 Å². The van der Waals surface area contributed by atoms with Crippen LogP contribution in [0.3, 0.4) is 0 Å². The molecule has 4 heterocycles. The van der Waals surface area contributed by atoms with Gasteiger partial charge in [0, 0.05) is 37.4 Å². The van der Waals surface area contributed by atoms with Crippen LogP contribution in [0.4, 0.5) is 4.39 Å². The fourth-order valence-electron chi connectivity index (χ4n) is 4.76. The topological polar surface area (TPSA) is 51.8 Å². The van der Waals surface area contributed by atoms with Gasteiger partial charge in [-0.05, 0) is 37.7 Å². The second-order valence-corrected chi connectivity index (χ2v) is 22.1. The van der Waals surface area contributed by atoms with E-state index in [2.05, 4.69) is 57.3 Å². The number of pyridine rings is 3. The van der Waals surface area contributed by atoms with Gasteiger partial charge in [-0.25, -0.2) is 4.98 Å². The summed E-state index contributed by atoms with van der Waals surface area (Å²) in [5.41, 5.74) is 7.86. The van der Waals surface area contributed by atoms with Crippen LogP contribution in [0.5, 0.6) is 0 Å². The standard InChI is InChI=1S/C18H13N2O.C17H21FGeN.Ir/c1-11-8-9-19-16(10-11)15-5-3-4-13-14-7-6-12(2)20-18(14)21-17(13)15;1-12(2)15-10-17(13-6-8-14(18)9-7-13)20-11-16(15)19(3,4)5;/h3-4,6-10H,1-2H3;6,8-12H,1-5H3;/q2*-1;/i;12D;. The molecule has 0 bridgehead atoms. The Balaban J connectivity index is 0.000000192. The van der Waals surface area contributed by atoms with Crippen LogP contribution in [-0.4, -0.2) is 28.2 Å². The quantitative estimate of drug-likeness (QED) is 0.132. The van der Waals surface area contributed by atoms with Crippen molar-refractivity contribution in [2.75, 3.05) is 0 Å². The molecule has 0 unspecified atom stereocenters. The van der Waals surface area contributed by atoms with Crippen molar-refractivity contribution in [3.8, 4) is 22.5 Å². The number of aryl methyl sites for hydroxylation is 2. The van der Waals surface area contributed by atoms with Crippen molar-refractivity contribution in [1.82, 2.24) is 15.0 Å². The molecular weight excluding hydrogens is 762 g/mol. The molecule has 4 nitrogen and oxygen atoms in total. The molecule has 7 heteroatoms. The SMILES string of the molecule is Cc1ccnc(-c2[c-]ccc3c2oc2nc(C)ccc23)c1.[2H]C(C)(C)c1cc(-c2[c-]cc(F)cc2)nc[c]1[Ge]([CH3])([CH3])[CH3].[Ir]. The maximum atomic E-state index is 13.0. The van der Waals surface area contributed by atoms with E-state index in [9.17, 15) is 4.39 Å². The molecule has 0 aliphatic rings. The van der Waals surface area contributed by atoms with Crippen molar-refractivity contribution >= 4 is 39.7 Å². The summed E-state index contributed by atoms with van der Waals surface area (Å²) < 4.78 is 28.7. The average Bonchev–Trinajstić information content (AvgIpc) is 3.30. The Hall–Kier alpha value is -3.19. The minimum Gasteiger partial charge on any atom is 0 e. The summed E-state index contributed by atoms with van der Waals surface area (Å²) >= 11 is -2.10. The molecule has 0 fully saturated rings. The zero-order valence-electron chi connectivity index (χ0n) is 25.9. The van der Waals surface area contributed by atoms with Crippen molar-refractivity contribution < 1.29 is 30.3 Å². The predicted molar refractivity (Wildman–Crippen MR) is 169 cm³/mol. The number of halogens is 1. The second-order valence-electron chi connectivity index (χ2n) is 11.5. The number of fused-ring (bicyclic) bond motifs is 3. The first-order chi connectivity index (χ1) is 19.8. The van der Waals surface area contributed by atoms with Gasteiger partial charge in [0.25, 0.3) is 0 Å². The first kappa shape index (κ1) is 30.3. The fraction of sp³-hybridized carbons (Fsp3) is 0.229. The number of rotatable bonds is 4. The monoisotopic (exact) mass is 799 g/mol. The molecule has 1 radical (unpaired) electrons. The van der Waals surface area contributed by atoms with Crippen LogP contribution in [0, 0.1) is 31.8 Å². The Kier molecular flexibility index (Phi) is 9.36. The first-order valence-electron chi connectivity index (χ1n) is 14.1. The largest absolute Gasteiger partial charge is 0 e. The smallest absolute Gasteiger partial charge is 0 e. The third kappa shape index (κ3) is 6.88. The summed E-state index contributed by atoms with van der Waals surface area (Å²) in [4.78, 5) is 13.4. The van der Waals surface area contributed by atoms with Crippen LogP contribution in [0.25, 0.3) is 44.6 Å². The third-order valence-corrected chi connectivity index (χ3v) is 11.1. The normalized spacial score (nSPS) is 12.0. The van der Waals surface area contributed by atoms with Gasteiger partial charge in [-0.15, -0.1) is 18.2 Å². The number of hydrogen-bond donors (Lipinski definition) is 0. The number of hydrogen-bond acceptors (Lipinski definition) is 4. The molecule has 2 aromatic carbocycles. The van der Waals surface area contributed by atoms with Crippen molar-refractivity contribution in [2.24, 2.45) is 0 Å². The maximum absolute atomic E-state index is 13.0. The minimum atomic E-state index is -2.10. The molecule has 0 saturated heterocycles. The van der Waals surface area contributed by atoms with E-state index in [1.807, 2.05) is 69.6 Å². The van der Waals surface area contributed by atoms with Gasteiger partial charge in [0.05, 0.1) is 5.58 Å². The molecule has 0 aliphatic heterocycles. The third-order valence-electron chi connectivity index (χ3n) is 6.91. The molecule has 6 aromatic rings. The van der Waals surface area contributed by atoms with E-state index in [-0.39, 0.29) is 25.9 Å². The van der Waals surface area contributed by atoms with Gasteiger partial charge in [-0.1, -0.05) is 22.6 Å². The molecule has 0 amide bonds. The van der Waals surface area contributed by atoms with Crippen molar-refractivity contribution in [3.63, 3.8) is 0 Å². The van der Waals surface area contributed by atoms with E-state index >= 15 is 0 Å². The van der Waals surface area contributed by atoms with Crippen LogP contribution in [0.2, 0.25) is 17.3 Å². The van der Waals surface area contributed by atoms with Crippen molar-refractivity contribution in [2.45, 2.75) is 50.9 Å². The molecule has 4 aromatic heterocycles. The Morgan fingerprint density at radius 1 is 0.929 bits per heavy atom. The van der Waals surface area contributed by atoms with Gasteiger partial charge in [-0.2, -0.15) is 0 Å². The molecule has 0 spiro atoms. The van der Waals surface area contributed by atoms with Gasteiger partial charge in [0.1, 0.15) is 0 Å². The molecule has 217 valence electrons. The van der Waals surface area contributed by atoms with Crippen molar-refractivity contribution in [3.05, 3.63) is 108 Å². The predicted octanol–water partition coefficient (Wildman–Crippen LogP) is 8.81.